The molecule has 0 aliphatic heterocycles. The number of ether oxygens (including phenoxy) is 3. The Balaban J connectivity index is 0.000000215. The van der Waals surface area contributed by atoms with Crippen molar-refractivity contribution >= 4 is 17.6 Å². The zero-order valence-corrected chi connectivity index (χ0v) is 36.1. The van der Waals surface area contributed by atoms with Crippen LogP contribution in [0, 0.1) is 33.3 Å². The van der Waals surface area contributed by atoms with E-state index >= 15 is 0 Å². The number of hydrogen-bond donors (Lipinski definition) is 0. The molecular weight excluding hydrogens is 726 g/mol. The minimum Gasteiger partial charge on any atom is -0.497 e. The van der Waals surface area contributed by atoms with Gasteiger partial charge in [-0.1, -0.05) is 79.7 Å². The van der Waals surface area contributed by atoms with E-state index in [1.165, 1.54) is 31.2 Å². The van der Waals surface area contributed by atoms with Crippen LogP contribution in [0.4, 0.5) is 8.78 Å². The first kappa shape index (κ1) is 43.2. The number of carbonyl (C=O) groups excluding carboxylic acids is 1. The quantitative estimate of drug-likeness (QED) is 0.132. The van der Waals surface area contributed by atoms with Crippen LogP contribution in [-0.2, 0) is 10.6 Å². The molecule has 0 heterocycles. The van der Waals surface area contributed by atoms with Gasteiger partial charge in [0.1, 0.15) is 23.1 Å². The molecule has 0 amide bonds. The van der Waals surface area contributed by atoms with Gasteiger partial charge >= 0.3 is 5.97 Å². The molecule has 0 bridgehead atoms. The number of hydrogen-bond acceptors (Lipinski definition) is 4. The molecule has 7 heteroatoms. The van der Waals surface area contributed by atoms with E-state index in [-0.39, 0.29) is 45.2 Å². The lowest BCUT2D eigenvalue weighted by Gasteiger charge is -2.45. The van der Waals surface area contributed by atoms with Gasteiger partial charge in [-0.05, 0) is 148 Å². The van der Waals surface area contributed by atoms with Gasteiger partial charge in [0.15, 0.2) is 0 Å². The van der Waals surface area contributed by atoms with E-state index in [9.17, 15) is 13.6 Å². The first-order valence-corrected chi connectivity index (χ1v) is 20.3. The highest BCUT2D eigenvalue weighted by molar-refractivity contribution is 6.17. The van der Waals surface area contributed by atoms with Gasteiger partial charge in [-0.3, -0.25) is 0 Å². The van der Waals surface area contributed by atoms with E-state index in [2.05, 4.69) is 61.5 Å². The summed E-state index contributed by atoms with van der Waals surface area (Å²) < 4.78 is 45.2. The first-order chi connectivity index (χ1) is 26.2. The van der Waals surface area contributed by atoms with Gasteiger partial charge in [0.25, 0.3) is 0 Å². The summed E-state index contributed by atoms with van der Waals surface area (Å²) in [4.78, 5) is 12.2. The largest absolute Gasteiger partial charge is 0.497 e. The van der Waals surface area contributed by atoms with E-state index in [1.54, 1.807) is 44.6 Å². The number of halogens is 3. The zero-order valence-electron chi connectivity index (χ0n) is 35.3. The summed E-state index contributed by atoms with van der Waals surface area (Å²) in [5.74, 6) is 1.45. The third-order valence-corrected chi connectivity index (χ3v) is 12.0. The lowest BCUT2D eigenvalue weighted by atomic mass is 9.59. The van der Waals surface area contributed by atoms with E-state index < -0.39 is 0 Å². The molecule has 0 radical (unpaired) electrons. The fourth-order valence-electron chi connectivity index (χ4n) is 10.5. The fraction of sp³-hybridized carbons (Fsp3) is 0.490. The van der Waals surface area contributed by atoms with Crippen LogP contribution in [0.25, 0.3) is 22.3 Å². The zero-order chi connectivity index (χ0) is 41.2. The second kappa shape index (κ2) is 16.9. The van der Waals surface area contributed by atoms with Crippen LogP contribution in [0.2, 0.25) is 0 Å². The van der Waals surface area contributed by atoms with E-state index in [1.807, 2.05) is 24.3 Å². The maximum Gasteiger partial charge on any atom is 0.337 e. The molecule has 0 atom stereocenters. The van der Waals surface area contributed by atoms with Gasteiger partial charge in [0.05, 0.1) is 26.9 Å². The molecular formula is C49H61ClF2O4. The van der Waals surface area contributed by atoms with Crippen molar-refractivity contribution in [3.05, 3.63) is 107 Å². The maximum atomic E-state index is 14.8. The van der Waals surface area contributed by atoms with E-state index in [0.717, 1.165) is 54.4 Å². The molecule has 2 aliphatic carbocycles. The Morgan fingerprint density at radius 2 is 1.00 bits per heavy atom. The molecule has 0 aromatic heterocycles. The summed E-state index contributed by atoms with van der Waals surface area (Å²) in [6.07, 6.45) is 6.51. The van der Waals surface area contributed by atoms with Gasteiger partial charge in [-0.2, -0.15) is 0 Å². The summed E-state index contributed by atoms with van der Waals surface area (Å²) in [5, 5.41) is 0. The van der Waals surface area contributed by atoms with Gasteiger partial charge in [0.2, 0.25) is 0 Å². The van der Waals surface area contributed by atoms with Crippen LogP contribution in [-0.4, -0.2) is 27.3 Å². The van der Waals surface area contributed by atoms with Crippen LogP contribution in [0.5, 0.6) is 11.5 Å². The predicted octanol–water partition coefficient (Wildman–Crippen LogP) is 14.2. The average molecular weight is 787 g/mol. The Bertz CT molecular complexity index is 2000. The van der Waals surface area contributed by atoms with Crippen LogP contribution < -0.4 is 9.47 Å². The van der Waals surface area contributed by atoms with Crippen molar-refractivity contribution in [3.63, 3.8) is 0 Å². The van der Waals surface area contributed by atoms with Crippen molar-refractivity contribution in [2.75, 3.05) is 21.3 Å². The van der Waals surface area contributed by atoms with Gasteiger partial charge in [-0.15, -0.1) is 11.6 Å². The smallest absolute Gasteiger partial charge is 0.337 e. The lowest BCUT2D eigenvalue weighted by Crippen LogP contribution is -2.33. The summed E-state index contributed by atoms with van der Waals surface area (Å²) in [6.45, 7) is 18.5. The number of alkyl halides is 1. The minimum atomic E-state index is -0.377. The minimum absolute atomic E-state index is 0.165. The molecule has 0 saturated heterocycles. The summed E-state index contributed by atoms with van der Waals surface area (Å²) >= 11 is 6.13. The standard InChI is InChI=1S/C25H31FO3.C24H30ClFO/c1-24(2)13-17(14-25(3,4)15-24)20-11-16(23(27)29-6)7-9-19(20)21-12-18(28-5)8-10-22(21)26;1-23(2)12-17(13-24(3,4)15-23)20-10-16(14-25)6-8-19(20)21-11-18(27-5)7-9-22(21)26/h7-12,17H,13-15H2,1-6H3;6-11,17H,12-15H2,1-5H3. The molecule has 56 heavy (non-hydrogen) atoms. The molecule has 2 aliphatic rings. The fourth-order valence-corrected chi connectivity index (χ4v) is 10.6. The highest BCUT2D eigenvalue weighted by Crippen LogP contribution is 2.55. The van der Waals surface area contributed by atoms with Crippen LogP contribution in [0.15, 0.2) is 72.8 Å². The average Bonchev–Trinajstić information content (AvgIpc) is 3.12. The van der Waals surface area contributed by atoms with Crippen molar-refractivity contribution in [3.8, 4) is 33.8 Å². The van der Waals surface area contributed by atoms with E-state index in [4.69, 9.17) is 25.8 Å². The van der Waals surface area contributed by atoms with E-state index in [0.29, 0.717) is 40.0 Å². The molecule has 4 aromatic rings. The molecule has 0 unspecified atom stereocenters. The normalized spacial score (nSPS) is 18.7. The molecule has 4 nitrogen and oxygen atoms in total. The number of methoxy groups -OCH3 is 3. The second-order valence-electron chi connectivity index (χ2n) is 19.3. The molecule has 2 saturated carbocycles. The second-order valence-corrected chi connectivity index (χ2v) is 19.5. The molecule has 0 N–H and O–H groups in total. The summed E-state index contributed by atoms with van der Waals surface area (Å²) in [7, 11) is 4.57. The van der Waals surface area contributed by atoms with Gasteiger partial charge in [-0.25, -0.2) is 13.6 Å². The Kier molecular flexibility index (Phi) is 13.1. The monoisotopic (exact) mass is 786 g/mol. The van der Waals surface area contributed by atoms with Gasteiger partial charge < -0.3 is 14.2 Å². The highest BCUT2D eigenvalue weighted by Gasteiger charge is 2.41. The van der Waals surface area contributed by atoms with Crippen molar-refractivity contribution in [1.82, 2.24) is 0 Å². The van der Waals surface area contributed by atoms with Crippen molar-refractivity contribution < 1.29 is 27.8 Å². The third-order valence-electron chi connectivity index (χ3n) is 11.7. The van der Waals surface area contributed by atoms with Crippen LogP contribution in [0.1, 0.15) is 133 Å². The SMILES string of the molecule is COC(=O)c1ccc(-c2cc(OC)ccc2F)c(C2CC(C)(C)CC(C)(C)C2)c1.COc1ccc(F)c(-c2ccc(CCl)cc2C2CC(C)(C)CC(C)(C)C2)c1. The first-order valence-electron chi connectivity index (χ1n) is 19.8. The number of benzene rings is 4. The molecule has 4 aromatic carbocycles. The van der Waals surface area contributed by atoms with Crippen molar-refractivity contribution in [2.45, 2.75) is 112 Å². The van der Waals surface area contributed by atoms with Gasteiger partial charge in [0, 0.05) is 17.0 Å². The summed E-state index contributed by atoms with van der Waals surface area (Å²) in [5.41, 5.74) is 7.50. The molecule has 2 fully saturated rings. The van der Waals surface area contributed by atoms with Crippen molar-refractivity contribution in [1.29, 1.82) is 0 Å². The molecule has 302 valence electrons. The lowest BCUT2D eigenvalue weighted by molar-refractivity contribution is 0.0600. The molecule has 0 spiro atoms. The number of carbonyl (C=O) groups is 1. The Morgan fingerprint density at radius 3 is 1.39 bits per heavy atom. The highest BCUT2D eigenvalue weighted by atomic mass is 35.5. The Morgan fingerprint density at radius 1 is 0.589 bits per heavy atom. The third kappa shape index (κ3) is 10.3. The van der Waals surface area contributed by atoms with Crippen molar-refractivity contribution in [2.24, 2.45) is 21.7 Å². The molecule has 6 rings (SSSR count). The topological polar surface area (TPSA) is 44.8 Å². The maximum absolute atomic E-state index is 14.8. The Hall–Kier alpha value is -3.90. The van der Waals surface area contributed by atoms with Crippen LogP contribution in [0.3, 0.4) is 0 Å². The predicted molar refractivity (Wildman–Crippen MR) is 226 cm³/mol. The Labute approximate surface area is 339 Å². The summed E-state index contributed by atoms with van der Waals surface area (Å²) in [6, 6.07) is 21.4. The number of esters is 1. The number of rotatable bonds is 8. The van der Waals surface area contributed by atoms with Crippen LogP contribution >= 0.6 is 11.6 Å².